The molecule has 2 N–H and O–H groups in total. The van der Waals surface area contributed by atoms with Gasteiger partial charge in [-0.3, -0.25) is 4.79 Å². The number of nitrogens with zero attached hydrogens (tertiary/aromatic N) is 1. The van der Waals surface area contributed by atoms with Crippen LogP contribution in [-0.4, -0.2) is 33.9 Å². The van der Waals surface area contributed by atoms with Gasteiger partial charge in [0.25, 0.3) is 5.91 Å². The molecule has 0 fully saturated rings. The van der Waals surface area contributed by atoms with Crippen LogP contribution in [0.15, 0.2) is 18.3 Å². The zero-order valence-electron chi connectivity index (χ0n) is 11.5. The van der Waals surface area contributed by atoms with E-state index in [4.69, 9.17) is 0 Å². The number of rotatable bonds is 6. The van der Waals surface area contributed by atoms with Crippen LogP contribution in [0.25, 0.3) is 0 Å². The Morgan fingerprint density at radius 3 is 2.65 bits per heavy atom. The Morgan fingerprint density at radius 2 is 2.10 bits per heavy atom. The van der Waals surface area contributed by atoms with E-state index in [1.165, 1.54) is 18.3 Å². The number of amides is 1. The third-order valence-corrected chi connectivity index (χ3v) is 2.83. The number of halogens is 3. The lowest BCUT2D eigenvalue weighted by Crippen LogP contribution is -2.41. The third kappa shape index (κ3) is 5.24. The van der Waals surface area contributed by atoms with Gasteiger partial charge in [-0.2, -0.15) is 13.2 Å². The summed E-state index contributed by atoms with van der Waals surface area (Å²) in [4.78, 5) is 11.9. The Balaban J connectivity index is 2.67. The van der Waals surface area contributed by atoms with Crippen LogP contribution in [0.5, 0.6) is 0 Å². The lowest BCUT2D eigenvalue weighted by Gasteiger charge is -2.23. The monoisotopic (exact) mass is 292 g/mol. The van der Waals surface area contributed by atoms with E-state index in [2.05, 4.69) is 5.32 Å². The highest BCUT2D eigenvalue weighted by molar-refractivity contribution is 5.92. The highest BCUT2D eigenvalue weighted by atomic mass is 19.4. The number of hydrogen-bond acceptors (Lipinski definition) is 2. The second kappa shape index (κ2) is 6.30. The molecular weight excluding hydrogens is 273 g/mol. The number of carbonyl (C=O) groups excluding carboxylic acids is 1. The van der Waals surface area contributed by atoms with Crippen LogP contribution < -0.4 is 5.32 Å². The quantitative estimate of drug-likeness (QED) is 0.845. The highest BCUT2D eigenvalue weighted by Gasteiger charge is 2.29. The molecule has 20 heavy (non-hydrogen) atoms. The summed E-state index contributed by atoms with van der Waals surface area (Å²) in [5.74, 6) is -0.629. The SMILES string of the molecule is CCCC(C)(O)CNC(=O)c1cccn1CC(F)(F)F. The van der Waals surface area contributed by atoms with Crippen LogP contribution >= 0.6 is 0 Å². The molecule has 1 heterocycles. The molecule has 1 aromatic rings. The lowest BCUT2D eigenvalue weighted by molar-refractivity contribution is -0.140. The number of aromatic nitrogens is 1. The summed E-state index contributed by atoms with van der Waals surface area (Å²) in [5.41, 5.74) is -1.14. The molecule has 1 atom stereocenters. The zero-order valence-corrected chi connectivity index (χ0v) is 11.5. The van der Waals surface area contributed by atoms with E-state index in [-0.39, 0.29) is 12.2 Å². The van der Waals surface area contributed by atoms with Gasteiger partial charge in [-0.05, 0) is 25.5 Å². The average molecular weight is 292 g/mol. The summed E-state index contributed by atoms with van der Waals surface area (Å²) >= 11 is 0. The molecule has 4 nitrogen and oxygen atoms in total. The molecule has 0 aliphatic carbocycles. The molecule has 7 heteroatoms. The van der Waals surface area contributed by atoms with E-state index in [1.54, 1.807) is 6.92 Å². The second-order valence-electron chi connectivity index (χ2n) is 5.07. The summed E-state index contributed by atoms with van der Waals surface area (Å²) in [5, 5.41) is 12.4. The topological polar surface area (TPSA) is 54.3 Å². The van der Waals surface area contributed by atoms with Crippen LogP contribution in [0.1, 0.15) is 37.2 Å². The number of carbonyl (C=O) groups is 1. The van der Waals surface area contributed by atoms with Gasteiger partial charge in [0.1, 0.15) is 12.2 Å². The fourth-order valence-corrected chi connectivity index (χ4v) is 1.94. The van der Waals surface area contributed by atoms with E-state index < -0.39 is 24.2 Å². The van der Waals surface area contributed by atoms with Crippen molar-refractivity contribution in [1.29, 1.82) is 0 Å². The van der Waals surface area contributed by atoms with E-state index >= 15 is 0 Å². The van der Waals surface area contributed by atoms with Crippen molar-refractivity contribution in [3.63, 3.8) is 0 Å². The highest BCUT2D eigenvalue weighted by Crippen LogP contribution is 2.19. The molecule has 1 aromatic heterocycles. The summed E-state index contributed by atoms with van der Waals surface area (Å²) < 4.78 is 37.9. The van der Waals surface area contributed by atoms with Crippen molar-refractivity contribution in [2.75, 3.05) is 6.54 Å². The van der Waals surface area contributed by atoms with Gasteiger partial charge in [-0.15, -0.1) is 0 Å². The third-order valence-electron chi connectivity index (χ3n) is 2.83. The summed E-state index contributed by atoms with van der Waals surface area (Å²) in [6.45, 7) is 2.25. The molecule has 1 amide bonds. The minimum Gasteiger partial charge on any atom is -0.388 e. The van der Waals surface area contributed by atoms with Crippen LogP contribution in [0, 0.1) is 0 Å². The van der Waals surface area contributed by atoms with Crippen LogP contribution in [0.3, 0.4) is 0 Å². The van der Waals surface area contributed by atoms with Gasteiger partial charge < -0.3 is 15.0 Å². The van der Waals surface area contributed by atoms with Crippen molar-refractivity contribution in [3.8, 4) is 0 Å². The summed E-state index contributed by atoms with van der Waals surface area (Å²) in [7, 11) is 0. The molecule has 0 bridgehead atoms. The first kappa shape index (κ1) is 16.6. The number of alkyl halides is 3. The van der Waals surface area contributed by atoms with Crippen LogP contribution in [0.2, 0.25) is 0 Å². The molecule has 0 spiro atoms. The van der Waals surface area contributed by atoms with Gasteiger partial charge in [-0.1, -0.05) is 13.3 Å². The molecule has 1 unspecified atom stereocenters. The van der Waals surface area contributed by atoms with Crippen LogP contribution in [-0.2, 0) is 6.54 Å². The van der Waals surface area contributed by atoms with Crippen molar-refractivity contribution in [2.24, 2.45) is 0 Å². The maximum absolute atomic E-state index is 12.3. The maximum Gasteiger partial charge on any atom is 0.406 e. The fraction of sp³-hybridized carbons (Fsp3) is 0.615. The molecule has 0 radical (unpaired) electrons. The van der Waals surface area contributed by atoms with Gasteiger partial charge in [0.2, 0.25) is 0 Å². The Morgan fingerprint density at radius 1 is 1.45 bits per heavy atom. The van der Waals surface area contributed by atoms with E-state index in [0.717, 1.165) is 11.0 Å². The number of hydrogen-bond donors (Lipinski definition) is 2. The fourth-order valence-electron chi connectivity index (χ4n) is 1.94. The summed E-state index contributed by atoms with van der Waals surface area (Å²) in [6, 6.07) is 2.69. The smallest absolute Gasteiger partial charge is 0.388 e. The number of aliphatic hydroxyl groups is 1. The van der Waals surface area contributed by atoms with Gasteiger partial charge >= 0.3 is 6.18 Å². The van der Waals surface area contributed by atoms with Crippen molar-refractivity contribution in [2.45, 2.75) is 45.0 Å². The average Bonchev–Trinajstić information content (AvgIpc) is 2.71. The Labute approximate surface area is 115 Å². The Hall–Kier alpha value is -1.50. The van der Waals surface area contributed by atoms with E-state index in [0.29, 0.717) is 6.42 Å². The Bertz CT molecular complexity index is 453. The largest absolute Gasteiger partial charge is 0.406 e. The van der Waals surface area contributed by atoms with Crippen molar-refractivity contribution >= 4 is 5.91 Å². The molecular formula is C13H19F3N2O2. The maximum atomic E-state index is 12.3. The van der Waals surface area contributed by atoms with Crippen LogP contribution in [0.4, 0.5) is 13.2 Å². The lowest BCUT2D eigenvalue weighted by atomic mass is 10.0. The molecule has 0 aromatic carbocycles. The predicted octanol–water partition coefficient (Wildman–Crippen LogP) is 2.33. The van der Waals surface area contributed by atoms with Gasteiger partial charge in [-0.25, -0.2) is 0 Å². The van der Waals surface area contributed by atoms with Gasteiger partial charge in [0.05, 0.1) is 5.60 Å². The molecule has 0 saturated heterocycles. The second-order valence-corrected chi connectivity index (χ2v) is 5.07. The Kier molecular flexibility index (Phi) is 5.21. The summed E-state index contributed by atoms with van der Waals surface area (Å²) in [6.07, 6.45) is -1.95. The predicted molar refractivity (Wildman–Crippen MR) is 68.4 cm³/mol. The van der Waals surface area contributed by atoms with Crippen molar-refractivity contribution in [1.82, 2.24) is 9.88 Å². The van der Waals surface area contributed by atoms with Gasteiger partial charge in [0, 0.05) is 12.7 Å². The van der Waals surface area contributed by atoms with Gasteiger partial charge in [0.15, 0.2) is 0 Å². The molecule has 0 aliphatic rings. The minimum atomic E-state index is -4.39. The normalized spacial score (nSPS) is 14.9. The number of nitrogens with one attached hydrogen (secondary N) is 1. The molecule has 0 aliphatic heterocycles. The minimum absolute atomic E-state index is 0.00310. The van der Waals surface area contributed by atoms with Crippen molar-refractivity contribution in [3.05, 3.63) is 24.0 Å². The zero-order chi connectivity index (χ0) is 15.4. The standard InChI is InChI=1S/C13H19F3N2O2/c1-3-6-12(2,20)8-17-11(19)10-5-4-7-18(10)9-13(14,15)16/h4-5,7,20H,3,6,8-9H2,1-2H3,(H,17,19). The first-order valence-electron chi connectivity index (χ1n) is 6.37. The van der Waals surface area contributed by atoms with E-state index in [1.807, 2.05) is 6.92 Å². The molecule has 1 rings (SSSR count). The molecule has 0 saturated carbocycles. The van der Waals surface area contributed by atoms with E-state index in [9.17, 15) is 23.1 Å². The first-order chi connectivity index (χ1) is 9.14. The molecule has 114 valence electrons. The first-order valence-corrected chi connectivity index (χ1v) is 6.37. The van der Waals surface area contributed by atoms with Crippen molar-refractivity contribution < 1.29 is 23.1 Å².